The van der Waals surface area contributed by atoms with Crippen LogP contribution in [0.5, 0.6) is 0 Å². The van der Waals surface area contributed by atoms with Gasteiger partial charge in [-0.2, -0.15) is 0 Å². The van der Waals surface area contributed by atoms with Gasteiger partial charge in [0.25, 0.3) is 5.69 Å². The van der Waals surface area contributed by atoms with Crippen LogP contribution in [0, 0.1) is 17.0 Å². The summed E-state index contributed by atoms with van der Waals surface area (Å²) in [6, 6.07) is 3.27. The number of nitro benzene ring substituents is 1. The monoisotopic (exact) mass is 247 g/mol. The first-order valence-electron chi connectivity index (χ1n) is 5.68. The van der Waals surface area contributed by atoms with Crippen LogP contribution in [-0.2, 0) is 16.0 Å². The van der Waals surface area contributed by atoms with Crippen LogP contribution in [0.2, 0.25) is 0 Å². The number of fused-ring (bicyclic) bond motifs is 1. The van der Waals surface area contributed by atoms with Gasteiger partial charge in [0.1, 0.15) is 0 Å². The van der Waals surface area contributed by atoms with Gasteiger partial charge in [0, 0.05) is 23.6 Å². The Morgan fingerprint density at radius 3 is 2.83 bits per heavy atom. The molecule has 0 amide bonds. The number of aryl methyl sites for hydroxylation is 1. The van der Waals surface area contributed by atoms with Gasteiger partial charge >= 0.3 is 5.97 Å². The van der Waals surface area contributed by atoms with Crippen molar-refractivity contribution < 1.29 is 14.5 Å². The molecule has 1 aliphatic carbocycles. The third-order valence-corrected chi connectivity index (χ3v) is 2.90. The number of benzene rings is 1. The minimum Gasteiger partial charge on any atom is -0.463 e. The summed E-state index contributed by atoms with van der Waals surface area (Å²) in [5.74, 6) is -0.353. The standard InChI is InChI=1S/C13H13NO4/c1-3-18-13(15)11-5-9-4-8(2)12(14(16)17)7-10(9)6-11/h4-5,7H,3,6H2,1-2H3. The van der Waals surface area contributed by atoms with Crippen molar-refractivity contribution in [3.05, 3.63) is 44.5 Å². The molecule has 1 aliphatic rings. The second-order valence-electron chi connectivity index (χ2n) is 4.16. The zero-order chi connectivity index (χ0) is 13.3. The fraction of sp³-hybridized carbons (Fsp3) is 0.308. The maximum Gasteiger partial charge on any atom is 0.334 e. The summed E-state index contributed by atoms with van der Waals surface area (Å²) in [6.45, 7) is 3.76. The quantitative estimate of drug-likeness (QED) is 0.467. The lowest BCUT2D eigenvalue weighted by Gasteiger charge is -2.02. The molecule has 0 heterocycles. The number of esters is 1. The van der Waals surface area contributed by atoms with Crippen LogP contribution in [0.3, 0.4) is 0 Å². The van der Waals surface area contributed by atoms with E-state index in [1.807, 2.05) is 0 Å². The Kier molecular flexibility index (Phi) is 3.14. The molecule has 2 rings (SSSR count). The molecule has 5 heteroatoms. The SMILES string of the molecule is CCOC(=O)C1=Cc2cc(C)c([N+](=O)[O-])cc2C1. The number of ether oxygens (including phenoxy) is 1. The van der Waals surface area contributed by atoms with E-state index >= 15 is 0 Å². The zero-order valence-electron chi connectivity index (χ0n) is 10.2. The molecule has 0 unspecified atom stereocenters. The highest BCUT2D eigenvalue weighted by molar-refractivity contribution is 5.96. The third-order valence-electron chi connectivity index (χ3n) is 2.90. The van der Waals surface area contributed by atoms with E-state index in [2.05, 4.69) is 0 Å². The van der Waals surface area contributed by atoms with Crippen molar-refractivity contribution in [1.29, 1.82) is 0 Å². The van der Waals surface area contributed by atoms with Gasteiger partial charge in [0.05, 0.1) is 11.5 Å². The van der Waals surface area contributed by atoms with Crippen molar-refractivity contribution in [2.75, 3.05) is 6.61 Å². The van der Waals surface area contributed by atoms with Gasteiger partial charge in [-0.3, -0.25) is 10.1 Å². The molecule has 0 fully saturated rings. The molecule has 0 atom stereocenters. The van der Waals surface area contributed by atoms with E-state index in [1.165, 1.54) is 6.07 Å². The van der Waals surface area contributed by atoms with Gasteiger partial charge in [-0.25, -0.2) is 4.79 Å². The van der Waals surface area contributed by atoms with Gasteiger partial charge in [-0.1, -0.05) is 0 Å². The predicted molar refractivity (Wildman–Crippen MR) is 66.1 cm³/mol. The predicted octanol–water partition coefficient (Wildman–Crippen LogP) is 2.41. The number of nitro groups is 1. The van der Waals surface area contributed by atoms with Crippen molar-refractivity contribution in [3.8, 4) is 0 Å². The van der Waals surface area contributed by atoms with Crippen molar-refractivity contribution in [2.45, 2.75) is 20.3 Å². The van der Waals surface area contributed by atoms with E-state index in [-0.39, 0.29) is 11.7 Å². The van der Waals surface area contributed by atoms with Gasteiger partial charge in [0.15, 0.2) is 0 Å². The van der Waals surface area contributed by atoms with Gasteiger partial charge in [0.2, 0.25) is 0 Å². The van der Waals surface area contributed by atoms with Crippen LogP contribution in [0.25, 0.3) is 6.08 Å². The molecule has 0 radical (unpaired) electrons. The van der Waals surface area contributed by atoms with E-state index in [9.17, 15) is 14.9 Å². The van der Waals surface area contributed by atoms with Crippen LogP contribution >= 0.6 is 0 Å². The lowest BCUT2D eigenvalue weighted by atomic mass is 10.0. The molecule has 0 aliphatic heterocycles. The second-order valence-corrected chi connectivity index (χ2v) is 4.16. The van der Waals surface area contributed by atoms with Gasteiger partial charge in [-0.05, 0) is 37.1 Å². The fourth-order valence-electron chi connectivity index (χ4n) is 2.05. The first kappa shape index (κ1) is 12.3. The molecule has 0 spiro atoms. The van der Waals surface area contributed by atoms with E-state index < -0.39 is 4.92 Å². The van der Waals surface area contributed by atoms with Crippen LogP contribution in [0.4, 0.5) is 5.69 Å². The molecular weight excluding hydrogens is 234 g/mol. The molecule has 0 aromatic heterocycles. The number of carbonyl (C=O) groups excluding carboxylic acids is 1. The van der Waals surface area contributed by atoms with E-state index in [0.29, 0.717) is 24.2 Å². The summed E-state index contributed by atoms with van der Waals surface area (Å²) in [4.78, 5) is 22.0. The Morgan fingerprint density at radius 2 is 2.22 bits per heavy atom. The highest BCUT2D eigenvalue weighted by Crippen LogP contribution is 2.31. The van der Waals surface area contributed by atoms with E-state index in [0.717, 1.165) is 11.1 Å². The molecular formula is C13H13NO4. The Hall–Kier alpha value is -2.17. The largest absolute Gasteiger partial charge is 0.463 e. The molecule has 1 aromatic rings. The summed E-state index contributed by atoms with van der Waals surface area (Å²) in [5.41, 5.74) is 2.90. The summed E-state index contributed by atoms with van der Waals surface area (Å²) in [5, 5.41) is 10.8. The van der Waals surface area contributed by atoms with Crippen LogP contribution < -0.4 is 0 Å². The van der Waals surface area contributed by atoms with Crippen molar-refractivity contribution >= 4 is 17.7 Å². The van der Waals surface area contributed by atoms with Crippen molar-refractivity contribution in [2.24, 2.45) is 0 Å². The van der Waals surface area contributed by atoms with Crippen LogP contribution in [0.15, 0.2) is 17.7 Å². The maximum atomic E-state index is 11.6. The highest BCUT2D eigenvalue weighted by atomic mass is 16.6. The molecule has 0 N–H and O–H groups in total. The molecule has 1 aromatic carbocycles. The number of nitrogens with zero attached hydrogens (tertiary/aromatic N) is 1. The molecule has 0 saturated heterocycles. The van der Waals surface area contributed by atoms with Crippen molar-refractivity contribution in [1.82, 2.24) is 0 Å². The Balaban J connectivity index is 2.33. The van der Waals surface area contributed by atoms with E-state index in [1.54, 1.807) is 26.0 Å². The number of carbonyl (C=O) groups is 1. The first-order valence-corrected chi connectivity index (χ1v) is 5.68. The Bertz CT molecular complexity index is 560. The first-order chi connectivity index (χ1) is 8.52. The minimum atomic E-state index is -0.405. The minimum absolute atomic E-state index is 0.0901. The Morgan fingerprint density at radius 1 is 1.50 bits per heavy atom. The van der Waals surface area contributed by atoms with Crippen LogP contribution in [-0.4, -0.2) is 17.5 Å². The number of rotatable bonds is 3. The van der Waals surface area contributed by atoms with Gasteiger partial charge in [-0.15, -0.1) is 0 Å². The fourth-order valence-corrected chi connectivity index (χ4v) is 2.05. The third kappa shape index (κ3) is 2.11. The highest BCUT2D eigenvalue weighted by Gasteiger charge is 2.23. The second kappa shape index (κ2) is 4.60. The molecule has 0 saturated carbocycles. The molecule has 18 heavy (non-hydrogen) atoms. The smallest absolute Gasteiger partial charge is 0.334 e. The average molecular weight is 247 g/mol. The van der Waals surface area contributed by atoms with Crippen LogP contribution in [0.1, 0.15) is 23.6 Å². The summed E-state index contributed by atoms with van der Waals surface area (Å²) < 4.78 is 4.92. The normalized spacial score (nSPS) is 12.9. The summed E-state index contributed by atoms with van der Waals surface area (Å²) in [7, 11) is 0. The van der Waals surface area contributed by atoms with E-state index in [4.69, 9.17) is 4.74 Å². The summed E-state index contributed by atoms with van der Waals surface area (Å²) in [6.07, 6.45) is 2.14. The number of hydrogen-bond donors (Lipinski definition) is 0. The zero-order valence-corrected chi connectivity index (χ0v) is 10.2. The Labute approximate surface area is 104 Å². The van der Waals surface area contributed by atoms with Crippen molar-refractivity contribution in [3.63, 3.8) is 0 Å². The number of hydrogen-bond acceptors (Lipinski definition) is 4. The topological polar surface area (TPSA) is 69.4 Å². The lowest BCUT2D eigenvalue weighted by Crippen LogP contribution is -2.07. The van der Waals surface area contributed by atoms with Gasteiger partial charge < -0.3 is 4.74 Å². The molecule has 0 bridgehead atoms. The maximum absolute atomic E-state index is 11.6. The lowest BCUT2D eigenvalue weighted by molar-refractivity contribution is -0.385. The average Bonchev–Trinajstić information content (AvgIpc) is 2.70. The molecule has 5 nitrogen and oxygen atoms in total. The molecule has 94 valence electrons. The summed E-state index contributed by atoms with van der Waals surface area (Å²) >= 11 is 0.